The maximum absolute atomic E-state index is 13.0. The van der Waals surface area contributed by atoms with Crippen LogP contribution in [-0.2, 0) is 10.0 Å². The fourth-order valence-corrected chi connectivity index (χ4v) is 5.15. The lowest BCUT2D eigenvalue weighted by atomic mass is 10.0. The third-order valence-electron chi connectivity index (χ3n) is 4.32. The second-order valence-electron chi connectivity index (χ2n) is 5.76. The van der Waals surface area contributed by atoms with E-state index in [2.05, 4.69) is 6.92 Å². The van der Waals surface area contributed by atoms with E-state index in [1.807, 2.05) is 19.9 Å². The van der Waals surface area contributed by atoms with Crippen LogP contribution in [0.5, 0.6) is 5.75 Å². The molecular weight excluding hydrogens is 286 g/mol. The highest BCUT2D eigenvalue weighted by molar-refractivity contribution is 7.89. The molecular formula is C16H25NO3S. The summed E-state index contributed by atoms with van der Waals surface area (Å²) >= 11 is 0. The van der Waals surface area contributed by atoms with Crippen LogP contribution in [0.25, 0.3) is 0 Å². The Morgan fingerprint density at radius 2 is 1.95 bits per heavy atom. The van der Waals surface area contributed by atoms with Crippen molar-refractivity contribution in [3.8, 4) is 5.75 Å². The average Bonchev–Trinajstić information content (AvgIpc) is 2.48. The van der Waals surface area contributed by atoms with Gasteiger partial charge in [-0.05, 0) is 56.4 Å². The smallest absolute Gasteiger partial charge is 0.243 e. The molecule has 1 heterocycles. The molecule has 1 aliphatic rings. The van der Waals surface area contributed by atoms with E-state index in [4.69, 9.17) is 4.74 Å². The van der Waals surface area contributed by atoms with Gasteiger partial charge in [-0.25, -0.2) is 8.42 Å². The molecule has 1 aromatic rings. The molecule has 1 fully saturated rings. The van der Waals surface area contributed by atoms with Crippen molar-refractivity contribution < 1.29 is 13.2 Å². The Bertz CT molecular complexity index is 610. The highest BCUT2D eigenvalue weighted by atomic mass is 32.2. The lowest BCUT2D eigenvalue weighted by Gasteiger charge is -2.34. The molecule has 0 spiro atoms. The van der Waals surface area contributed by atoms with E-state index in [1.165, 1.54) is 0 Å². The van der Waals surface area contributed by atoms with E-state index in [0.717, 1.165) is 42.6 Å². The molecule has 4 nitrogen and oxygen atoms in total. The maximum atomic E-state index is 13.0. The third-order valence-corrected chi connectivity index (χ3v) is 6.42. The van der Waals surface area contributed by atoms with Crippen LogP contribution in [0.15, 0.2) is 17.0 Å². The molecule has 1 aromatic carbocycles. The van der Waals surface area contributed by atoms with E-state index >= 15 is 0 Å². The van der Waals surface area contributed by atoms with Gasteiger partial charge in [0.1, 0.15) is 5.75 Å². The van der Waals surface area contributed by atoms with Gasteiger partial charge < -0.3 is 4.74 Å². The van der Waals surface area contributed by atoms with Crippen molar-refractivity contribution >= 4 is 10.0 Å². The molecule has 2 rings (SSSR count). The van der Waals surface area contributed by atoms with Crippen molar-refractivity contribution in [1.82, 2.24) is 4.31 Å². The zero-order valence-corrected chi connectivity index (χ0v) is 14.2. The minimum absolute atomic E-state index is 0.130. The molecule has 0 unspecified atom stereocenters. The van der Waals surface area contributed by atoms with Gasteiger partial charge in [0.25, 0.3) is 0 Å². The van der Waals surface area contributed by atoms with Gasteiger partial charge in [-0.1, -0.05) is 13.3 Å². The van der Waals surface area contributed by atoms with Crippen molar-refractivity contribution in [1.29, 1.82) is 0 Å². The molecule has 0 aliphatic carbocycles. The number of aryl methyl sites for hydroxylation is 2. The SMILES string of the molecule is CC[C@@H]1CCCCN1S(=O)(=O)c1cc(C)c(OC)cc1C. The van der Waals surface area contributed by atoms with Crippen LogP contribution in [0.4, 0.5) is 0 Å². The standard InChI is InChI=1S/C16H25NO3S/c1-5-14-8-6-7-9-17(14)21(18,19)16-11-12(2)15(20-4)10-13(16)3/h10-11,14H,5-9H2,1-4H3/t14-/m1/s1. The molecule has 1 atom stereocenters. The van der Waals surface area contributed by atoms with Crippen molar-refractivity contribution in [3.05, 3.63) is 23.3 Å². The van der Waals surface area contributed by atoms with Crippen LogP contribution >= 0.6 is 0 Å². The number of piperidine rings is 1. The zero-order chi connectivity index (χ0) is 15.6. The minimum atomic E-state index is -3.42. The van der Waals surface area contributed by atoms with E-state index in [0.29, 0.717) is 11.4 Å². The predicted octanol–water partition coefficient (Wildman–Crippen LogP) is 3.27. The molecule has 1 saturated heterocycles. The lowest BCUT2D eigenvalue weighted by molar-refractivity contribution is 0.246. The van der Waals surface area contributed by atoms with Crippen LogP contribution in [0, 0.1) is 13.8 Å². The number of hydrogen-bond donors (Lipinski definition) is 0. The van der Waals surface area contributed by atoms with Gasteiger partial charge in [-0.3, -0.25) is 0 Å². The first-order valence-corrected chi connectivity index (χ1v) is 9.03. The highest BCUT2D eigenvalue weighted by Crippen LogP contribution is 2.31. The van der Waals surface area contributed by atoms with Gasteiger partial charge in [-0.15, -0.1) is 0 Å². The molecule has 1 aliphatic heterocycles. The molecule has 118 valence electrons. The summed E-state index contributed by atoms with van der Waals surface area (Å²) in [6, 6.07) is 3.68. The Hall–Kier alpha value is -1.07. The van der Waals surface area contributed by atoms with Gasteiger partial charge in [0.2, 0.25) is 10.0 Å². The fourth-order valence-electron chi connectivity index (χ4n) is 3.09. The quantitative estimate of drug-likeness (QED) is 0.857. The van der Waals surface area contributed by atoms with Crippen molar-refractivity contribution in [2.24, 2.45) is 0 Å². The van der Waals surface area contributed by atoms with Crippen LogP contribution in [0.2, 0.25) is 0 Å². The molecule has 0 amide bonds. The van der Waals surface area contributed by atoms with Crippen molar-refractivity contribution in [2.75, 3.05) is 13.7 Å². The van der Waals surface area contributed by atoms with Gasteiger partial charge in [0.15, 0.2) is 0 Å². The summed E-state index contributed by atoms with van der Waals surface area (Å²) in [4.78, 5) is 0.418. The summed E-state index contributed by atoms with van der Waals surface area (Å²) in [7, 11) is -1.82. The number of methoxy groups -OCH3 is 1. The fraction of sp³-hybridized carbons (Fsp3) is 0.625. The zero-order valence-electron chi connectivity index (χ0n) is 13.3. The number of hydrogen-bond acceptors (Lipinski definition) is 3. The molecule has 5 heteroatoms. The van der Waals surface area contributed by atoms with Gasteiger partial charge in [-0.2, -0.15) is 4.31 Å². The van der Waals surface area contributed by atoms with E-state index in [9.17, 15) is 8.42 Å². The monoisotopic (exact) mass is 311 g/mol. The summed E-state index contributed by atoms with van der Waals surface area (Å²) in [6.07, 6.45) is 3.90. The predicted molar refractivity (Wildman–Crippen MR) is 84.3 cm³/mol. The largest absolute Gasteiger partial charge is 0.496 e. The minimum Gasteiger partial charge on any atom is -0.496 e. The first-order valence-electron chi connectivity index (χ1n) is 7.59. The third kappa shape index (κ3) is 3.09. The second kappa shape index (κ2) is 6.36. The molecule has 0 radical (unpaired) electrons. The topological polar surface area (TPSA) is 46.6 Å². The van der Waals surface area contributed by atoms with Crippen LogP contribution in [-0.4, -0.2) is 32.4 Å². The van der Waals surface area contributed by atoms with Crippen molar-refractivity contribution in [2.45, 2.75) is 57.4 Å². The normalized spacial score (nSPS) is 20.5. The van der Waals surface area contributed by atoms with E-state index in [-0.39, 0.29) is 6.04 Å². The first-order chi connectivity index (χ1) is 9.91. The molecule has 0 bridgehead atoms. The lowest BCUT2D eigenvalue weighted by Crippen LogP contribution is -2.43. The molecule has 0 aromatic heterocycles. The van der Waals surface area contributed by atoms with E-state index in [1.54, 1.807) is 17.5 Å². The Morgan fingerprint density at radius 1 is 1.24 bits per heavy atom. The van der Waals surface area contributed by atoms with Crippen molar-refractivity contribution in [3.63, 3.8) is 0 Å². The van der Waals surface area contributed by atoms with E-state index < -0.39 is 10.0 Å². The highest BCUT2D eigenvalue weighted by Gasteiger charge is 2.33. The Kier molecular flexibility index (Phi) is 4.94. The molecule has 21 heavy (non-hydrogen) atoms. The van der Waals surface area contributed by atoms with Crippen LogP contribution in [0.1, 0.15) is 43.7 Å². The molecule has 0 saturated carbocycles. The Labute approximate surface area is 128 Å². The average molecular weight is 311 g/mol. The first kappa shape index (κ1) is 16.3. The Morgan fingerprint density at radius 3 is 2.57 bits per heavy atom. The van der Waals surface area contributed by atoms with Gasteiger partial charge >= 0.3 is 0 Å². The summed E-state index contributed by atoms with van der Waals surface area (Å²) in [5.74, 6) is 0.733. The number of rotatable bonds is 4. The van der Waals surface area contributed by atoms with Crippen LogP contribution < -0.4 is 4.74 Å². The number of sulfonamides is 1. The van der Waals surface area contributed by atoms with Gasteiger partial charge in [0, 0.05) is 12.6 Å². The maximum Gasteiger partial charge on any atom is 0.243 e. The summed E-state index contributed by atoms with van der Waals surface area (Å²) < 4.78 is 33.0. The summed E-state index contributed by atoms with van der Waals surface area (Å²) in [5, 5.41) is 0. The second-order valence-corrected chi connectivity index (χ2v) is 7.62. The summed E-state index contributed by atoms with van der Waals surface area (Å²) in [6.45, 7) is 6.40. The molecule has 0 N–H and O–H groups in total. The van der Waals surface area contributed by atoms with Gasteiger partial charge in [0.05, 0.1) is 12.0 Å². The number of ether oxygens (including phenoxy) is 1. The Balaban J connectivity index is 2.46. The number of nitrogens with zero attached hydrogens (tertiary/aromatic N) is 1. The number of benzene rings is 1. The van der Waals surface area contributed by atoms with Crippen LogP contribution in [0.3, 0.4) is 0 Å². The summed E-state index contributed by atoms with van der Waals surface area (Å²) in [5.41, 5.74) is 1.60.